The van der Waals surface area contributed by atoms with Crippen LogP contribution in [-0.4, -0.2) is 61.0 Å². The van der Waals surface area contributed by atoms with Crippen LogP contribution in [0.2, 0.25) is 0 Å². The number of hydrogen-bond acceptors (Lipinski definition) is 3. The lowest BCUT2D eigenvalue weighted by Gasteiger charge is -2.31. The van der Waals surface area contributed by atoms with Gasteiger partial charge in [-0.3, -0.25) is 9.69 Å². The van der Waals surface area contributed by atoms with Gasteiger partial charge in [0.15, 0.2) is 0 Å². The summed E-state index contributed by atoms with van der Waals surface area (Å²) in [6, 6.07) is 0.365. The Morgan fingerprint density at radius 1 is 1.32 bits per heavy atom. The first-order chi connectivity index (χ1) is 9.19. The molecule has 19 heavy (non-hydrogen) atoms. The van der Waals surface area contributed by atoms with E-state index in [9.17, 15) is 4.79 Å². The van der Waals surface area contributed by atoms with Gasteiger partial charge in [0, 0.05) is 25.7 Å². The second kappa shape index (κ2) is 9.32. The minimum absolute atomic E-state index is 0.310. The zero-order chi connectivity index (χ0) is 14.1. The van der Waals surface area contributed by atoms with Crippen molar-refractivity contribution in [2.45, 2.75) is 52.5 Å². The molecule has 0 spiro atoms. The van der Waals surface area contributed by atoms with E-state index in [0.717, 1.165) is 58.4 Å². The van der Waals surface area contributed by atoms with Crippen molar-refractivity contribution >= 4 is 5.91 Å². The molecule has 1 amide bonds. The molecule has 0 aliphatic carbocycles. The van der Waals surface area contributed by atoms with Crippen LogP contribution < -0.4 is 5.32 Å². The summed E-state index contributed by atoms with van der Waals surface area (Å²) < 4.78 is 0. The first-order valence-corrected chi connectivity index (χ1v) is 7.91. The van der Waals surface area contributed by atoms with Crippen molar-refractivity contribution in [3.63, 3.8) is 0 Å². The van der Waals surface area contributed by atoms with Gasteiger partial charge in [0.1, 0.15) is 0 Å². The largest absolute Gasteiger partial charge is 0.339 e. The van der Waals surface area contributed by atoms with Gasteiger partial charge in [-0.15, -0.1) is 0 Å². The summed E-state index contributed by atoms with van der Waals surface area (Å²) in [6.45, 7) is 12.1. The molecule has 1 unspecified atom stereocenters. The third-order valence-corrected chi connectivity index (χ3v) is 3.99. The molecule has 0 aromatic heterocycles. The van der Waals surface area contributed by atoms with Crippen LogP contribution in [0.3, 0.4) is 0 Å². The van der Waals surface area contributed by atoms with Crippen LogP contribution in [0, 0.1) is 0 Å². The molecule has 1 fully saturated rings. The summed E-state index contributed by atoms with van der Waals surface area (Å²) in [5.41, 5.74) is 0. The standard InChI is InChI=1S/C15H31N3O/c1-4-6-11-18(14(3)5-2)15(19)13-17-10-7-8-16-9-12-17/h14,16H,4-13H2,1-3H3. The van der Waals surface area contributed by atoms with Crippen LogP contribution in [0.25, 0.3) is 0 Å². The van der Waals surface area contributed by atoms with Gasteiger partial charge in [-0.25, -0.2) is 0 Å². The maximum absolute atomic E-state index is 12.5. The number of nitrogens with zero attached hydrogens (tertiary/aromatic N) is 2. The fraction of sp³-hybridized carbons (Fsp3) is 0.933. The van der Waals surface area contributed by atoms with E-state index >= 15 is 0 Å². The average molecular weight is 269 g/mol. The van der Waals surface area contributed by atoms with Crippen molar-refractivity contribution < 1.29 is 4.79 Å². The Morgan fingerprint density at radius 3 is 2.79 bits per heavy atom. The van der Waals surface area contributed by atoms with Crippen molar-refractivity contribution in [3.05, 3.63) is 0 Å². The summed E-state index contributed by atoms with van der Waals surface area (Å²) in [5, 5.41) is 3.38. The first-order valence-electron chi connectivity index (χ1n) is 7.91. The summed E-state index contributed by atoms with van der Waals surface area (Å²) in [7, 11) is 0. The van der Waals surface area contributed by atoms with Crippen molar-refractivity contribution in [2.75, 3.05) is 39.3 Å². The van der Waals surface area contributed by atoms with E-state index in [1.54, 1.807) is 0 Å². The van der Waals surface area contributed by atoms with Gasteiger partial charge in [-0.2, -0.15) is 0 Å². The number of carbonyl (C=O) groups excluding carboxylic acids is 1. The Morgan fingerprint density at radius 2 is 2.11 bits per heavy atom. The van der Waals surface area contributed by atoms with Crippen LogP contribution in [0.5, 0.6) is 0 Å². The van der Waals surface area contributed by atoms with Crippen molar-refractivity contribution in [1.82, 2.24) is 15.1 Å². The highest BCUT2D eigenvalue weighted by Crippen LogP contribution is 2.08. The summed E-state index contributed by atoms with van der Waals surface area (Å²) in [4.78, 5) is 16.9. The highest BCUT2D eigenvalue weighted by Gasteiger charge is 2.21. The fourth-order valence-corrected chi connectivity index (χ4v) is 2.48. The molecule has 112 valence electrons. The second-order valence-electron chi connectivity index (χ2n) is 5.58. The number of hydrogen-bond donors (Lipinski definition) is 1. The van der Waals surface area contributed by atoms with Crippen molar-refractivity contribution in [1.29, 1.82) is 0 Å². The van der Waals surface area contributed by atoms with Gasteiger partial charge in [0.05, 0.1) is 6.54 Å². The minimum Gasteiger partial charge on any atom is -0.339 e. The van der Waals surface area contributed by atoms with Gasteiger partial charge < -0.3 is 10.2 Å². The molecule has 1 atom stereocenters. The second-order valence-corrected chi connectivity index (χ2v) is 5.58. The molecule has 1 saturated heterocycles. The molecular weight excluding hydrogens is 238 g/mol. The van der Waals surface area contributed by atoms with E-state index < -0.39 is 0 Å². The summed E-state index contributed by atoms with van der Waals surface area (Å²) in [5.74, 6) is 0.310. The predicted octanol–water partition coefficient (Wildman–Crippen LogP) is 1.71. The molecule has 1 rings (SSSR count). The highest BCUT2D eigenvalue weighted by molar-refractivity contribution is 5.78. The zero-order valence-corrected chi connectivity index (χ0v) is 13.0. The van der Waals surface area contributed by atoms with E-state index in [0.29, 0.717) is 18.5 Å². The molecule has 0 saturated carbocycles. The third kappa shape index (κ3) is 5.91. The lowest BCUT2D eigenvalue weighted by Crippen LogP contribution is -2.45. The number of rotatable bonds is 7. The molecule has 1 aliphatic heterocycles. The monoisotopic (exact) mass is 269 g/mol. The Kier molecular flexibility index (Phi) is 8.07. The average Bonchev–Trinajstić information content (AvgIpc) is 2.67. The Labute approximate surface area is 118 Å². The van der Waals surface area contributed by atoms with E-state index in [1.807, 2.05) is 0 Å². The molecule has 0 aromatic carbocycles. The molecule has 0 aromatic rings. The number of unbranched alkanes of at least 4 members (excludes halogenated alkanes) is 1. The molecule has 4 heteroatoms. The lowest BCUT2D eigenvalue weighted by atomic mass is 10.2. The Bertz CT molecular complexity index is 250. The fourth-order valence-electron chi connectivity index (χ4n) is 2.48. The van der Waals surface area contributed by atoms with Gasteiger partial charge in [-0.1, -0.05) is 20.3 Å². The van der Waals surface area contributed by atoms with Gasteiger partial charge in [-0.05, 0) is 39.3 Å². The van der Waals surface area contributed by atoms with Crippen LogP contribution >= 0.6 is 0 Å². The van der Waals surface area contributed by atoms with Crippen LogP contribution in [0.4, 0.5) is 0 Å². The van der Waals surface area contributed by atoms with Crippen LogP contribution in [0.15, 0.2) is 0 Å². The number of carbonyl (C=O) groups is 1. The predicted molar refractivity (Wildman–Crippen MR) is 80.3 cm³/mol. The van der Waals surface area contributed by atoms with E-state index in [1.165, 1.54) is 0 Å². The van der Waals surface area contributed by atoms with E-state index in [-0.39, 0.29) is 0 Å². The molecule has 1 N–H and O–H groups in total. The topological polar surface area (TPSA) is 35.6 Å². The SMILES string of the molecule is CCCCN(C(=O)CN1CCCNCC1)C(C)CC. The Hall–Kier alpha value is -0.610. The van der Waals surface area contributed by atoms with Crippen LogP contribution in [-0.2, 0) is 4.79 Å². The van der Waals surface area contributed by atoms with Gasteiger partial charge in [0.2, 0.25) is 5.91 Å². The summed E-state index contributed by atoms with van der Waals surface area (Å²) >= 11 is 0. The van der Waals surface area contributed by atoms with Crippen molar-refractivity contribution in [2.24, 2.45) is 0 Å². The van der Waals surface area contributed by atoms with Gasteiger partial charge in [0.25, 0.3) is 0 Å². The molecule has 0 bridgehead atoms. The molecule has 0 radical (unpaired) electrons. The number of nitrogens with one attached hydrogen (secondary N) is 1. The molecular formula is C15H31N3O. The van der Waals surface area contributed by atoms with E-state index in [2.05, 4.69) is 35.9 Å². The highest BCUT2D eigenvalue weighted by atomic mass is 16.2. The first kappa shape index (κ1) is 16.4. The third-order valence-electron chi connectivity index (χ3n) is 3.99. The molecule has 1 aliphatic rings. The molecule has 4 nitrogen and oxygen atoms in total. The normalized spacial score (nSPS) is 18.9. The van der Waals surface area contributed by atoms with Gasteiger partial charge >= 0.3 is 0 Å². The minimum atomic E-state index is 0.310. The maximum atomic E-state index is 12.5. The van der Waals surface area contributed by atoms with Crippen LogP contribution in [0.1, 0.15) is 46.5 Å². The zero-order valence-electron chi connectivity index (χ0n) is 13.0. The van der Waals surface area contributed by atoms with E-state index in [4.69, 9.17) is 0 Å². The number of amides is 1. The van der Waals surface area contributed by atoms with Crippen molar-refractivity contribution in [3.8, 4) is 0 Å². The molecule has 1 heterocycles. The smallest absolute Gasteiger partial charge is 0.236 e. The summed E-state index contributed by atoms with van der Waals surface area (Å²) in [6.07, 6.45) is 4.44. The Balaban J connectivity index is 2.49. The maximum Gasteiger partial charge on any atom is 0.236 e. The lowest BCUT2D eigenvalue weighted by molar-refractivity contribution is -0.134. The quantitative estimate of drug-likeness (QED) is 0.764.